The van der Waals surface area contributed by atoms with Crippen LogP contribution < -0.4 is 0 Å². The van der Waals surface area contributed by atoms with E-state index in [4.69, 9.17) is 14.0 Å². The number of hydrogen-bond donors (Lipinski definition) is 0. The largest absolute Gasteiger partial charge is 0.482 e. The monoisotopic (exact) mass is 469 g/mol. The summed E-state index contributed by atoms with van der Waals surface area (Å²) in [5.74, 6) is 0.322. The van der Waals surface area contributed by atoms with E-state index in [-0.39, 0.29) is 17.8 Å². The molecule has 0 N–H and O–H groups in total. The lowest BCUT2D eigenvalue weighted by Gasteiger charge is -2.14. The van der Waals surface area contributed by atoms with Crippen LogP contribution in [0.15, 0.2) is 82.1 Å². The van der Waals surface area contributed by atoms with Crippen LogP contribution in [0.25, 0.3) is 21.9 Å². The molecule has 178 valence electrons. The van der Waals surface area contributed by atoms with Crippen LogP contribution in [0.1, 0.15) is 49.5 Å². The zero-order valence-electron chi connectivity index (χ0n) is 20.0. The van der Waals surface area contributed by atoms with Gasteiger partial charge in [-0.3, -0.25) is 4.79 Å². The SMILES string of the molecule is CC(=O)O/N=C(\CCC(C)C)c1ccc2oc3ccc(C(=O)C4=CC5C=CC=CC5O4)cc3c2c1. The van der Waals surface area contributed by atoms with Crippen molar-refractivity contribution in [2.75, 3.05) is 0 Å². The molecule has 0 spiro atoms. The van der Waals surface area contributed by atoms with Gasteiger partial charge in [0.2, 0.25) is 5.78 Å². The quantitative estimate of drug-likeness (QED) is 0.171. The van der Waals surface area contributed by atoms with Gasteiger partial charge in [0.05, 0.1) is 5.71 Å². The van der Waals surface area contributed by atoms with Crippen LogP contribution in [0.3, 0.4) is 0 Å². The number of Topliss-reactive ketones (excluding diaryl/α,β-unsaturated/α-hetero) is 1. The molecular formula is C29H27NO5. The van der Waals surface area contributed by atoms with Gasteiger partial charge in [-0.1, -0.05) is 37.2 Å². The van der Waals surface area contributed by atoms with Gasteiger partial charge in [0.25, 0.3) is 0 Å². The molecule has 0 amide bonds. The number of ether oxygens (including phenoxy) is 1. The summed E-state index contributed by atoms with van der Waals surface area (Å²) in [5, 5.41) is 5.82. The summed E-state index contributed by atoms with van der Waals surface area (Å²) in [6, 6.07) is 11.2. The third-order valence-electron chi connectivity index (χ3n) is 6.26. The highest BCUT2D eigenvalue weighted by Gasteiger charge is 2.30. The molecule has 6 nitrogen and oxygen atoms in total. The van der Waals surface area contributed by atoms with Crippen molar-refractivity contribution in [2.24, 2.45) is 17.0 Å². The number of benzene rings is 2. The molecule has 6 heteroatoms. The normalized spacial score (nSPS) is 19.2. The Morgan fingerprint density at radius 2 is 1.69 bits per heavy atom. The second-order valence-electron chi connectivity index (χ2n) is 9.37. The van der Waals surface area contributed by atoms with Gasteiger partial charge >= 0.3 is 5.97 Å². The van der Waals surface area contributed by atoms with Crippen LogP contribution in [-0.2, 0) is 14.4 Å². The van der Waals surface area contributed by atoms with Crippen LogP contribution in [0, 0.1) is 11.8 Å². The van der Waals surface area contributed by atoms with Crippen molar-refractivity contribution in [3.8, 4) is 0 Å². The Balaban J connectivity index is 1.50. The molecule has 0 saturated carbocycles. The first kappa shape index (κ1) is 22.8. The summed E-state index contributed by atoms with van der Waals surface area (Å²) >= 11 is 0. The number of hydrogen-bond acceptors (Lipinski definition) is 6. The van der Waals surface area contributed by atoms with Gasteiger partial charge in [0.1, 0.15) is 17.3 Å². The summed E-state index contributed by atoms with van der Waals surface area (Å²) < 4.78 is 11.9. The van der Waals surface area contributed by atoms with Crippen molar-refractivity contribution in [1.82, 2.24) is 0 Å². The van der Waals surface area contributed by atoms with Crippen molar-refractivity contribution < 1.29 is 23.6 Å². The fourth-order valence-corrected chi connectivity index (χ4v) is 4.39. The van der Waals surface area contributed by atoms with Crippen molar-refractivity contribution in [3.63, 3.8) is 0 Å². The maximum Gasteiger partial charge on any atom is 0.331 e. The Hall–Kier alpha value is -3.93. The van der Waals surface area contributed by atoms with E-state index in [0.717, 1.165) is 22.8 Å². The van der Waals surface area contributed by atoms with E-state index in [1.54, 1.807) is 6.07 Å². The summed E-state index contributed by atoms with van der Waals surface area (Å²) in [6.45, 7) is 5.61. The molecule has 2 aliphatic rings. The van der Waals surface area contributed by atoms with Gasteiger partial charge in [-0.05, 0) is 67.3 Å². The average molecular weight is 470 g/mol. The maximum atomic E-state index is 13.2. The van der Waals surface area contributed by atoms with Crippen LogP contribution in [-0.4, -0.2) is 23.6 Å². The second kappa shape index (κ2) is 9.37. The minimum atomic E-state index is -0.459. The Bertz CT molecular complexity index is 1440. The average Bonchev–Trinajstić information content (AvgIpc) is 3.44. The zero-order chi connectivity index (χ0) is 24.5. The second-order valence-corrected chi connectivity index (χ2v) is 9.37. The van der Waals surface area contributed by atoms with Crippen LogP contribution >= 0.6 is 0 Å². The molecule has 0 bridgehead atoms. The molecule has 1 aromatic heterocycles. The number of ketones is 1. The lowest BCUT2D eigenvalue weighted by Crippen LogP contribution is -2.14. The molecule has 2 atom stereocenters. The summed E-state index contributed by atoms with van der Waals surface area (Å²) in [5.41, 5.74) is 3.49. The van der Waals surface area contributed by atoms with Crippen molar-refractivity contribution in [2.45, 2.75) is 39.7 Å². The predicted octanol–water partition coefficient (Wildman–Crippen LogP) is 6.50. The van der Waals surface area contributed by atoms with E-state index in [1.165, 1.54) is 6.92 Å². The maximum absolute atomic E-state index is 13.2. The standard InChI is InChI=1S/C29H27NO5/c1-17(2)8-11-24(30-35-18(3)31)19-9-12-26-22(14-19)23-15-21(10-13-27(23)34-26)29(32)28-16-20-6-4-5-7-25(20)33-28/h4-7,9-10,12-17,20,25H,8,11H2,1-3H3/b30-24+. The summed E-state index contributed by atoms with van der Waals surface area (Å²) in [7, 11) is 0. The third kappa shape index (κ3) is 4.69. The highest BCUT2D eigenvalue weighted by molar-refractivity contribution is 6.14. The molecule has 35 heavy (non-hydrogen) atoms. The van der Waals surface area contributed by atoms with Gasteiger partial charge < -0.3 is 14.0 Å². The van der Waals surface area contributed by atoms with Gasteiger partial charge in [0, 0.05) is 34.7 Å². The van der Waals surface area contributed by atoms with E-state index < -0.39 is 5.97 Å². The lowest BCUT2D eigenvalue weighted by molar-refractivity contribution is -0.140. The van der Waals surface area contributed by atoms with Gasteiger partial charge in [-0.2, -0.15) is 0 Å². The van der Waals surface area contributed by atoms with Crippen molar-refractivity contribution in [3.05, 3.63) is 83.7 Å². The molecule has 0 saturated heterocycles. The molecular weight excluding hydrogens is 442 g/mol. The molecule has 2 heterocycles. The van der Waals surface area contributed by atoms with Crippen LogP contribution in [0.2, 0.25) is 0 Å². The zero-order valence-corrected chi connectivity index (χ0v) is 20.0. The molecule has 1 aliphatic carbocycles. The number of carbonyl (C=O) groups excluding carboxylic acids is 2. The van der Waals surface area contributed by atoms with E-state index in [0.29, 0.717) is 40.5 Å². The topological polar surface area (TPSA) is 78.1 Å². The van der Waals surface area contributed by atoms with E-state index in [1.807, 2.05) is 60.7 Å². The van der Waals surface area contributed by atoms with E-state index in [9.17, 15) is 9.59 Å². The molecule has 2 unspecified atom stereocenters. The first-order valence-electron chi connectivity index (χ1n) is 11.9. The van der Waals surface area contributed by atoms with Crippen molar-refractivity contribution in [1.29, 1.82) is 0 Å². The molecule has 2 aromatic carbocycles. The molecule has 1 aliphatic heterocycles. The van der Waals surface area contributed by atoms with Gasteiger partial charge in [-0.15, -0.1) is 0 Å². The minimum Gasteiger partial charge on any atom is -0.482 e. The molecule has 3 aromatic rings. The van der Waals surface area contributed by atoms with Crippen LogP contribution in [0.4, 0.5) is 0 Å². The number of allylic oxidation sites excluding steroid dienone is 3. The molecule has 0 radical (unpaired) electrons. The Morgan fingerprint density at radius 1 is 1.00 bits per heavy atom. The van der Waals surface area contributed by atoms with E-state index >= 15 is 0 Å². The fraction of sp³-hybridized carbons (Fsp3) is 0.276. The smallest absolute Gasteiger partial charge is 0.331 e. The number of furan rings is 1. The minimum absolute atomic E-state index is 0.0840. The Morgan fingerprint density at radius 3 is 2.37 bits per heavy atom. The lowest BCUT2D eigenvalue weighted by atomic mass is 9.98. The molecule has 0 fully saturated rings. The van der Waals surface area contributed by atoms with Gasteiger partial charge in [0.15, 0.2) is 5.76 Å². The first-order chi connectivity index (χ1) is 16.9. The van der Waals surface area contributed by atoms with Crippen LogP contribution in [0.5, 0.6) is 0 Å². The molecule has 5 rings (SSSR count). The Kier molecular flexibility index (Phi) is 6.12. The number of carbonyl (C=O) groups is 2. The summed E-state index contributed by atoms with van der Waals surface area (Å²) in [6.07, 6.45) is 11.2. The highest BCUT2D eigenvalue weighted by Crippen LogP contribution is 2.33. The third-order valence-corrected chi connectivity index (χ3v) is 6.26. The highest BCUT2D eigenvalue weighted by atomic mass is 16.7. The Labute approximate surface area is 203 Å². The predicted molar refractivity (Wildman–Crippen MR) is 135 cm³/mol. The van der Waals surface area contributed by atoms with Crippen molar-refractivity contribution >= 4 is 39.4 Å². The number of oxime groups is 1. The number of rotatable bonds is 7. The number of fused-ring (bicyclic) bond motifs is 4. The summed E-state index contributed by atoms with van der Waals surface area (Å²) in [4.78, 5) is 29.6. The fourth-order valence-electron chi connectivity index (χ4n) is 4.39. The number of nitrogens with zero attached hydrogens (tertiary/aromatic N) is 1. The van der Waals surface area contributed by atoms with E-state index in [2.05, 4.69) is 19.0 Å². The van der Waals surface area contributed by atoms with Gasteiger partial charge in [-0.25, -0.2) is 4.79 Å². The first-order valence-corrected chi connectivity index (χ1v) is 11.9.